The molecule has 0 N–H and O–H groups in total. The second-order valence-corrected chi connectivity index (χ2v) is 35.4. The summed E-state index contributed by atoms with van der Waals surface area (Å²) in [5, 5.41) is 73.9. The largest absolute Gasteiger partial charge is 0.463 e. The summed E-state index contributed by atoms with van der Waals surface area (Å²) < 4.78 is 51.8. The van der Waals surface area contributed by atoms with Crippen LogP contribution in [0.15, 0.2) is 0 Å². The van der Waals surface area contributed by atoms with Gasteiger partial charge in [0.05, 0.1) is 17.4 Å². The van der Waals surface area contributed by atoms with Gasteiger partial charge in [-0.25, -0.2) is 0 Å². The lowest BCUT2D eigenvalue weighted by molar-refractivity contribution is -0.308. The van der Waals surface area contributed by atoms with Gasteiger partial charge in [-0.05, 0) is 355 Å². The van der Waals surface area contributed by atoms with E-state index in [1.807, 2.05) is 41.5 Å². The van der Waals surface area contributed by atoms with Gasteiger partial charge in [-0.15, -0.1) is 0 Å². The zero-order valence-electron chi connectivity index (χ0n) is 56.3. The van der Waals surface area contributed by atoms with Crippen molar-refractivity contribution in [1.29, 1.82) is 0 Å². The summed E-state index contributed by atoms with van der Waals surface area (Å²) in [6.07, 6.45) is -7.33. The second kappa shape index (κ2) is 12.8. The van der Waals surface area contributed by atoms with Gasteiger partial charge in [0.15, 0.2) is 24.6 Å². The molecule has 4 aliphatic carbocycles. The first kappa shape index (κ1) is 49.7. The molecule has 0 radical (unpaired) electrons. The van der Waals surface area contributed by atoms with Gasteiger partial charge in [-0.1, -0.05) is 0 Å². The Labute approximate surface area is 571 Å². The summed E-state index contributed by atoms with van der Waals surface area (Å²) in [4.78, 5) is 90.3. The van der Waals surface area contributed by atoms with Gasteiger partial charge in [0.1, 0.15) is 36.0 Å². The molecule has 0 aromatic heterocycles. The van der Waals surface area contributed by atoms with Crippen molar-refractivity contribution >= 4 is 327 Å². The molecule has 103 heavy (non-hydrogen) atoms. The Morgan fingerprint density at radius 2 is 0.544 bits per heavy atom. The number of esters is 6. The molecule has 15 heteroatoms. The molecule has 7 atom stereocenters. The molecule has 2 unspecified atom stereocenters. The highest BCUT2D eigenvalue weighted by molar-refractivity contribution is 6.82. The van der Waals surface area contributed by atoms with Gasteiger partial charge in [-0.3, -0.25) is 33.7 Å². The van der Waals surface area contributed by atoms with E-state index >= 15 is 9.59 Å². The highest BCUT2D eigenvalue weighted by Gasteiger charge is 2.83. The summed E-state index contributed by atoms with van der Waals surface area (Å²) in [5.74, 6) is -3.89. The molecule has 28 aromatic carbocycles. The maximum absolute atomic E-state index is 17.9. The summed E-state index contributed by atoms with van der Waals surface area (Å²) in [7, 11) is 0. The zero-order valence-corrected chi connectivity index (χ0v) is 56.3. The van der Waals surface area contributed by atoms with Crippen LogP contribution in [0.3, 0.4) is 0 Å². The fourth-order valence-electron chi connectivity index (χ4n) is 29.2. The van der Waals surface area contributed by atoms with Crippen LogP contribution in [-0.2, 0) is 77.5 Å². The fraction of sp³-hybridized carbons (Fsp3) is 0.273. The molecule has 0 amide bonds. The first-order valence-electron chi connectivity index (χ1n) is 36.6. The molecule has 2 saturated heterocycles. The third-order valence-electron chi connectivity index (χ3n) is 29.8. The van der Waals surface area contributed by atoms with E-state index in [1.54, 1.807) is 0 Å². The Bertz CT molecular complexity index is 7980. The van der Waals surface area contributed by atoms with E-state index in [-0.39, 0.29) is 13.2 Å². The van der Waals surface area contributed by atoms with Gasteiger partial charge < -0.3 is 37.9 Å². The Balaban J connectivity index is 0.804. The van der Waals surface area contributed by atoms with Crippen molar-refractivity contribution in [3.63, 3.8) is 0 Å². The van der Waals surface area contributed by atoms with Crippen molar-refractivity contribution in [2.75, 3.05) is 19.8 Å². The molecular formula is C88H43NO14. The molecular weight excluding hydrogens is 1290 g/mol. The SMILES string of the molecule is CC(=O)OC[C@H]1O[C@@H](OCCN2C(C(=O)OC(C)(C)C)C34c5c6c7c8c9c%10c(c%11c%12c3c3c5c5c%13c6c6c7c7c9c9c%14c%10c%10c%11c%11c%12c%12c3c3c5c5c%13c%13c6c6c7c9c7c9c%14c%10c%10c%11c%11c%12c3c3c5c5c%13c6c7c6c9c%10c%11c3c56)C84C2C(=O)OC(C)(C)C)[C@H](OC(C)=O)[C@@H](OC(C)=O)[C@@H]1OC(C)=O. The molecule has 2 aliphatic heterocycles. The van der Waals surface area contributed by atoms with Gasteiger partial charge >= 0.3 is 35.8 Å². The van der Waals surface area contributed by atoms with Crippen molar-refractivity contribution < 1.29 is 66.7 Å². The highest BCUT2D eigenvalue weighted by Crippen LogP contribution is 2.87. The third kappa shape index (κ3) is 3.69. The number of hydrogen-bond donors (Lipinski definition) is 0. The zero-order chi connectivity index (χ0) is 67.3. The van der Waals surface area contributed by atoms with E-state index in [0.717, 1.165) is 22.3 Å². The number of carbonyl (C=O) groups excluding carboxylic acids is 6. The fourth-order valence-corrected chi connectivity index (χ4v) is 29.2. The predicted molar refractivity (Wildman–Crippen MR) is 398 cm³/mol. The highest BCUT2D eigenvalue weighted by atomic mass is 16.7. The number of nitrogens with zero attached hydrogens (tertiary/aromatic N) is 1. The van der Waals surface area contributed by atoms with Crippen LogP contribution < -0.4 is 0 Å². The van der Waals surface area contributed by atoms with Crippen LogP contribution in [0, 0.1) is 0 Å². The number of benzene rings is 18. The van der Waals surface area contributed by atoms with Crippen LogP contribution in [0.5, 0.6) is 0 Å². The van der Waals surface area contributed by atoms with Crippen LogP contribution >= 0.6 is 0 Å². The van der Waals surface area contributed by atoms with Crippen molar-refractivity contribution in [1.82, 2.24) is 4.90 Å². The molecule has 484 valence electrons. The van der Waals surface area contributed by atoms with Crippen molar-refractivity contribution in [2.45, 2.75) is 134 Å². The quantitative estimate of drug-likeness (QED) is 0.0677. The lowest BCUT2D eigenvalue weighted by Gasteiger charge is -2.52. The van der Waals surface area contributed by atoms with Crippen LogP contribution in [-0.4, -0.2) is 114 Å². The maximum atomic E-state index is 17.9. The smallest absolute Gasteiger partial charge is 0.325 e. The molecule has 2 fully saturated rings. The molecule has 34 rings (SSSR count). The standard InChI is InChI=1S/C88H43NO14/c1-14(90)97-13-18-77(98-15(2)91)78(99-16(3)92)79(100-17(4)93)84(101-18)96-12-11-89-80(82(94)102-85(5,6)7)87-73-65-57-47-37-29-21-19-20-23-27-25(21)33-41-35(27)45-39-31(23)32-24(20)28-26-22(19)30(29)38-44-34(26)42-36(28)46-40(32)50-49(39)59-53(45)63-55(41)61(51(57)43(33)37)69(73)71(63)75-67(59)68-60(50)54(46)64-56(42)62-52(44)58(48(38)47)66(65)74(87)70(62)72(64)76(68)88(75,87)81(89)83(95)103-86(8,9)10/h18,77-81,84H,11-13H2,1-10H3/t18-,77-,78+,79-,80?,81?,84-,87?,88?/m1/s1. The average Bonchev–Trinajstić information content (AvgIpc) is 1.38. The molecule has 6 aliphatic rings. The van der Waals surface area contributed by atoms with Gasteiger partial charge in [0, 0.05) is 34.2 Å². The van der Waals surface area contributed by atoms with Crippen LogP contribution in [0.4, 0.5) is 0 Å². The first-order chi connectivity index (χ1) is 49.7. The number of hydrogen-bond acceptors (Lipinski definition) is 15. The van der Waals surface area contributed by atoms with E-state index in [2.05, 4.69) is 4.90 Å². The van der Waals surface area contributed by atoms with Crippen LogP contribution in [0.2, 0.25) is 0 Å². The van der Waals surface area contributed by atoms with E-state index in [4.69, 9.17) is 37.9 Å². The van der Waals surface area contributed by atoms with E-state index < -0.39 is 107 Å². The molecule has 2 spiro atoms. The average molecular weight is 1340 g/mol. The first-order valence-corrected chi connectivity index (χ1v) is 36.6. The van der Waals surface area contributed by atoms with Crippen LogP contribution in [0.25, 0.3) is 291 Å². The van der Waals surface area contributed by atoms with Gasteiger partial charge in [0.25, 0.3) is 0 Å². The Kier molecular flexibility index (Phi) is 6.20. The monoisotopic (exact) mass is 1340 g/mol. The third-order valence-corrected chi connectivity index (χ3v) is 29.8. The molecule has 0 bridgehead atoms. The topological polar surface area (TPSA) is 179 Å². The van der Waals surface area contributed by atoms with Gasteiger partial charge in [-0.2, -0.15) is 0 Å². The van der Waals surface area contributed by atoms with E-state index in [0.29, 0.717) is 0 Å². The molecule has 15 nitrogen and oxygen atoms in total. The normalized spacial score (nSPS) is 25.3. The molecule has 2 heterocycles. The number of likely N-dealkylation sites (tertiary alicyclic amines) is 1. The number of ether oxygens (including phenoxy) is 8. The van der Waals surface area contributed by atoms with Crippen LogP contribution in [0.1, 0.15) is 91.5 Å². The summed E-state index contributed by atoms with van der Waals surface area (Å²) in [5.41, 5.74) is -0.347. The Morgan fingerprint density at radius 1 is 0.320 bits per heavy atom. The minimum absolute atomic E-state index is 0.118. The van der Waals surface area contributed by atoms with E-state index in [9.17, 15) is 19.2 Å². The van der Waals surface area contributed by atoms with Gasteiger partial charge in [0.2, 0.25) is 0 Å². The van der Waals surface area contributed by atoms with E-state index in [1.165, 1.54) is 319 Å². The lowest BCUT2D eigenvalue weighted by Crippen LogP contribution is -2.63. The predicted octanol–water partition coefficient (Wildman–Crippen LogP) is 17.1. The number of carbonyl (C=O) groups is 6. The maximum Gasteiger partial charge on any atom is 0.325 e. The van der Waals surface area contributed by atoms with Crippen molar-refractivity contribution in [3.8, 4) is 0 Å². The van der Waals surface area contributed by atoms with Crippen molar-refractivity contribution in [3.05, 3.63) is 22.3 Å². The molecule has 28 aromatic rings. The Morgan fingerprint density at radius 3 is 0.767 bits per heavy atom. The molecule has 0 saturated carbocycles. The summed E-state index contributed by atoms with van der Waals surface area (Å²) >= 11 is 0. The Hall–Kier alpha value is -10.8. The summed E-state index contributed by atoms with van der Waals surface area (Å²) in [6, 6.07) is -2.50. The minimum Gasteiger partial charge on any atom is -0.463 e. The summed E-state index contributed by atoms with van der Waals surface area (Å²) in [6.45, 7) is 15.6. The minimum atomic E-state index is -1.56. The lowest BCUT2D eigenvalue weighted by atomic mass is 9.46. The second-order valence-electron chi connectivity index (χ2n) is 35.4. The van der Waals surface area contributed by atoms with Crippen molar-refractivity contribution in [2.24, 2.45) is 0 Å². The number of rotatable bonds is 11.